The molecule has 0 bridgehead atoms. The third kappa shape index (κ3) is 1.12. The highest BCUT2D eigenvalue weighted by atomic mass is 16.5. The summed E-state index contributed by atoms with van der Waals surface area (Å²) in [5, 5.41) is 9.12. The van der Waals surface area contributed by atoms with Crippen LogP contribution in [-0.2, 0) is 9.47 Å². The molecule has 0 amide bonds. The summed E-state index contributed by atoms with van der Waals surface area (Å²) in [6.07, 6.45) is 1.77. The molecule has 2 fully saturated rings. The molecule has 12 heavy (non-hydrogen) atoms. The van der Waals surface area contributed by atoms with Crippen molar-refractivity contribution in [1.29, 1.82) is 5.26 Å². The third-order valence-corrected chi connectivity index (χ3v) is 3.03. The molecule has 2 saturated heterocycles. The van der Waals surface area contributed by atoms with Crippen LogP contribution in [0.1, 0.15) is 12.8 Å². The van der Waals surface area contributed by atoms with Crippen LogP contribution in [0.2, 0.25) is 0 Å². The van der Waals surface area contributed by atoms with Gasteiger partial charge in [-0.05, 0) is 12.8 Å². The smallest absolute Gasteiger partial charge is 0.0696 e. The lowest BCUT2D eigenvalue weighted by Crippen LogP contribution is -2.45. The molecule has 2 rings (SSSR count). The van der Waals surface area contributed by atoms with Crippen molar-refractivity contribution in [2.75, 3.05) is 26.4 Å². The maximum Gasteiger partial charge on any atom is 0.0696 e. The minimum absolute atomic E-state index is 0.128. The van der Waals surface area contributed by atoms with E-state index in [9.17, 15) is 0 Å². The van der Waals surface area contributed by atoms with Crippen LogP contribution in [-0.4, -0.2) is 26.4 Å². The lowest BCUT2D eigenvalue weighted by molar-refractivity contribution is -0.110. The zero-order valence-corrected chi connectivity index (χ0v) is 7.08. The van der Waals surface area contributed by atoms with E-state index in [1.54, 1.807) is 0 Å². The van der Waals surface area contributed by atoms with Crippen molar-refractivity contribution < 1.29 is 9.47 Å². The second-order valence-corrected chi connectivity index (χ2v) is 3.61. The van der Waals surface area contributed by atoms with Crippen molar-refractivity contribution in [1.82, 2.24) is 0 Å². The highest BCUT2D eigenvalue weighted by Gasteiger charge is 2.44. The van der Waals surface area contributed by atoms with Crippen LogP contribution in [0.3, 0.4) is 0 Å². The van der Waals surface area contributed by atoms with Gasteiger partial charge in [-0.1, -0.05) is 0 Å². The van der Waals surface area contributed by atoms with Gasteiger partial charge in [0, 0.05) is 19.1 Å². The zero-order valence-electron chi connectivity index (χ0n) is 7.08. The minimum Gasteiger partial charge on any atom is -0.381 e. The SMILES string of the molecule is N#CC1(C2COC2)CCOCC1. The molecule has 0 aromatic rings. The van der Waals surface area contributed by atoms with Gasteiger partial charge in [-0.2, -0.15) is 5.26 Å². The van der Waals surface area contributed by atoms with E-state index in [1.165, 1.54) is 0 Å². The number of hydrogen-bond acceptors (Lipinski definition) is 3. The molecule has 0 aliphatic carbocycles. The van der Waals surface area contributed by atoms with Gasteiger partial charge in [-0.3, -0.25) is 0 Å². The predicted molar refractivity (Wildman–Crippen MR) is 42.4 cm³/mol. The largest absolute Gasteiger partial charge is 0.381 e. The molecule has 3 heteroatoms. The van der Waals surface area contributed by atoms with Gasteiger partial charge in [0.05, 0.1) is 24.7 Å². The zero-order chi connectivity index (χ0) is 8.44. The molecule has 0 aromatic heterocycles. The van der Waals surface area contributed by atoms with Crippen molar-refractivity contribution >= 4 is 0 Å². The van der Waals surface area contributed by atoms with Gasteiger partial charge in [-0.15, -0.1) is 0 Å². The third-order valence-electron chi connectivity index (χ3n) is 3.03. The van der Waals surface area contributed by atoms with Crippen molar-refractivity contribution in [3.8, 4) is 6.07 Å². The Labute approximate surface area is 72.3 Å². The van der Waals surface area contributed by atoms with Gasteiger partial charge in [0.15, 0.2) is 0 Å². The first kappa shape index (κ1) is 8.03. The number of nitrogens with zero attached hydrogens (tertiary/aromatic N) is 1. The van der Waals surface area contributed by atoms with Crippen LogP contribution in [0.15, 0.2) is 0 Å². The quantitative estimate of drug-likeness (QED) is 0.584. The van der Waals surface area contributed by atoms with E-state index in [2.05, 4.69) is 6.07 Å². The minimum atomic E-state index is -0.128. The fourth-order valence-corrected chi connectivity index (χ4v) is 1.90. The molecule has 2 aliphatic heterocycles. The van der Waals surface area contributed by atoms with E-state index < -0.39 is 0 Å². The first-order chi connectivity index (χ1) is 5.87. The van der Waals surface area contributed by atoms with Gasteiger partial charge >= 0.3 is 0 Å². The summed E-state index contributed by atoms with van der Waals surface area (Å²) in [6, 6.07) is 2.46. The highest BCUT2D eigenvalue weighted by molar-refractivity contribution is 5.05. The van der Waals surface area contributed by atoms with Gasteiger partial charge in [0.2, 0.25) is 0 Å². The summed E-state index contributed by atoms with van der Waals surface area (Å²) in [5.41, 5.74) is -0.128. The van der Waals surface area contributed by atoms with Crippen molar-refractivity contribution in [3.63, 3.8) is 0 Å². The predicted octanol–water partition coefficient (Wildman–Crippen LogP) is 0.953. The molecule has 0 radical (unpaired) electrons. The van der Waals surface area contributed by atoms with Crippen LogP contribution in [0.25, 0.3) is 0 Å². The van der Waals surface area contributed by atoms with Crippen LogP contribution >= 0.6 is 0 Å². The Morgan fingerprint density at radius 1 is 1.17 bits per heavy atom. The topological polar surface area (TPSA) is 42.2 Å². The van der Waals surface area contributed by atoms with Crippen LogP contribution in [0.4, 0.5) is 0 Å². The molecule has 0 aromatic carbocycles. The second kappa shape index (κ2) is 3.04. The maximum absolute atomic E-state index is 9.12. The fourth-order valence-electron chi connectivity index (χ4n) is 1.90. The Morgan fingerprint density at radius 3 is 2.25 bits per heavy atom. The summed E-state index contributed by atoms with van der Waals surface area (Å²) in [6.45, 7) is 3.02. The Morgan fingerprint density at radius 2 is 1.83 bits per heavy atom. The lowest BCUT2D eigenvalue weighted by atomic mass is 9.70. The summed E-state index contributed by atoms with van der Waals surface area (Å²) < 4.78 is 10.4. The first-order valence-corrected chi connectivity index (χ1v) is 4.44. The average molecular weight is 167 g/mol. The summed E-state index contributed by atoms with van der Waals surface area (Å²) in [7, 11) is 0. The van der Waals surface area contributed by atoms with Crippen molar-refractivity contribution in [3.05, 3.63) is 0 Å². The first-order valence-electron chi connectivity index (χ1n) is 4.44. The Balaban J connectivity index is 2.06. The van der Waals surface area contributed by atoms with Crippen molar-refractivity contribution in [2.45, 2.75) is 12.8 Å². The monoisotopic (exact) mass is 167 g/mol. The van der Waals surface area contributed by atoms with Gasteiger partial charge in [0.25, 0.3) is 0 Å². The molecular weight excluding hydrogens is 154 g/mol. The van der Waals surface area contributed by atoms with Crippen LogP contribution in [0, 0.1) is 22.7 Å². The molecular formula is C9H13NO2. The summed E-state index contributed by atoms with van der Waals surface area (Å²) >= 11 is 0. The summed E-state index contributed by atoms with van der Waals surface area (Å²) in [4.78, 5) is 0. The average Bonchev–Trinajstić information content (AvgIpc) is 2.03. The summed E-state index contributed by atoms with van der Waals surface area (Å²) in [5.74, 6) is 0.464. The van der Waals surface area contributed by atoms with E-state index in [4.69, 9.17) is 14.7 Å². The van der Waals surface area contributed by atoms with E-state index in [0.717, 1.165) is 39.3 Å². The van der Waals surface area contributed by atoms with Gasteiger partial charge in [0.1, 0.15) is 0 Å². The molecule has 0 unspecified atom stereocenters. The highest BCUT2D eigenvalue weighted by Crippen LogP contribution is 2.41. The van der Waals surface area contributed by atoms with E-state index in [0.29, 0.717) is 5.92 Å². The van der Waals surface area contributed by atoms with Crippen LogP contribution in [0.5, 0.6) is 0 Å². The van der Waals surface area contributed by atoms with E-state index in [1.807, 2.05) is 0 Å². The molecule has 3 nitrogen and oxygen atoms in total. The Bertz CT molecular complexity index is 199. The molecule has 0 spiro atoms. The molecule has 0 saturated carbocycles. The number of ether oxygens (including phenoxy) is 2. The Kier molecular flexibility index (Phi) is 2.03. The molecule has 66 valence electrons. The molecule has 2 heterocycles. The van der Waals surface area contributed by atoms with Crippen molar-refractivity contribution in [2.24, 2.45) is 11.3 Å². The number of hydrogen-bond donors (Lipinski definition) is 0. The van der Waals surface area contributed by atoms with E-state index >= 15 is 0 Å². The molecule has 0 atom stereocenters. The van der Waals surface area contributed by atoms with E-state index in [-0.39, 0.29) is 5.41 Å². The number of nitriles is 1. The molecule has 2 aliphatic rings. The fraction of sp³-hybridized carbons (Fsp3) is 0.889. The number of rotatable bonds is 1. The van der Waals surface area contributed by atoms with Gasteiger partial charge < -0.3 is 9.47 Å². The Hall–Kier alpha value is -0.590. The van der Waals surface area contributed by atoms with Crippen LogP contribution < -0.4 is 0 Å². The standard InChI is InChI=1S/C9H13NO2/c10-7-9(8-5-12-6-8)1-3-11-4-2-9/h8H,1-6H2. The van der Waals surface area contributed by atoms with Gasteiger partial charge in [-0.25, -0.2) is 0 Å². The normalized spacial score (nSPS) is 28.9. The maximum atomic E-state index is 9.12. The lowest BCUT2D eigenvalue weighted by Gasteiger charge is -2.42. The molecule has 0 N–H and O–H groups in total. The second-order valence-electron chi connectivity index (χ2n) is 3.61.